The maximum Gasteiger partial charge on any atom is 0.0449 e. The SMILES string of the molecule is CC.CCc1c(Cl)cccc1SC. The van der Waals surface area contributed by atoms with Gasteiger partial charge in [0, 0.05) is 9.92 Å². The number of halogens is 1. The van der Waals surface area contributed by atoms with Crippen molar-refractivity contribution in [2.45, 2.75) is 32.1 Å². The molecule has 0 unspecified atom stereocenters. The van der Waals surface area contributed by atoms with Gasteiger partial charge in [-0.25, -0.2) is 0 Å². The number of hydrogen-bond donors (Lipinski definition) is 0. The molecule has 1 rings (SSSR count). The van der Waals surface area contributed by atoms with Crippen molar-refractivity contribution in [1.82, 2.24) is 0 Å². The van der Waals surface area contributed by atoms with Gasteiger partial charge in [0.15, 0.2) is 0 Å². The van der Waals surface area contributed by atoms with Gasteiger partial charge in [-0.1, -0.05) is 38.4 Å². The van der Waals surface area contributed by atoms with Crippen LogP contribution < -0.4 is 0 Å². The Labute approximate surface area is 90.7 Å². The van der Waals surface area contributed by atoms with Crippen molar-refractivity contribution in [3.05, 3.63) is 28.8 Å². The van der Waals surface area contributed by atoms with Crippen molar-refractivity contribution in [3.8, 4) is 0 Å². The van der Waals surface area contributed by atoms with E-state index in [-0.39, 0.29) is 0 Å². The van der Waals surface area contributed by atoms with E-state index in [0.29, 0.717) is 0 Å². The number of benzene rings is 1. The molecule has 0 radical (unpaired) electrons. The predicted molar refractivity (Wildman–Crippen MR) is 64.0 cm³/mol. The van der Waals surface area contributed by atoms with Gasteiger partial charge in [0.2, 0.25) is 0 Å². The van der Waals surface area contributed by atoms with Crippen molar-refractivity contribution in [1.29, 1.82) is 0 Å². The molecular formula is C11H17ClS. The molecule has 1 aromatic rings. The number of hydrogen-bond acceptors (Lipinski definition) is 1. The normalized spacial score (nSPS) is 9.00. The van der Waals surface area contributed by atoms with Crippen LogP contribution in [0, 0.1) is 0 Å². The summed E-state index contributed by atoms with van der Waals surface area (Å²) in [6, 6.07) is 6.04. The zero-order chi connectivity index (χ0) is 10.3. The molecule has 0 aromatic heterocycles. The van der Waals surface area contributed by atoms with Crippen molar-refractivity contribution < 1.29 is 0 Å². The van der Waals surface area contributed by atoms with E-state index in [1.165, 1.54) is 10.5 Å². The van der Waals surface area contributed by atoms with Gasteiger partial charge < -0.3 is 0 Å². The van der Waals surface area contributed by atoms with Crippen LogP contribution in [0.1, 0.15) is 26.3 Å². The van der Waals surface area contributed by atoms with Crippen LogP contribution in [0.4, 0.5) is 0 Å². The monoisotopic (exact) mass is 216 g/mol. The molecule has 0 nitrogen and oxygen atoms in total. The molecular weight excluding hydrogens is 200 g/mol. The Kier molecular flexibility index (Phi) is 7.20. The zero-order valence-electron chi connectivity index (χ0n) is 8.73. The Morgan fingerprint density at radius 1 is 1.31 bits per heavy atom. The topological polar surface area (TPSA) is 0 Å². The summed E-state index contributed by atoms with van der Waals surface area (Å²) < 4.78 is 0. The molecule has 2 heteroatoms. The highest BCUT2D eigenvalue weighted by atomic mass is 35.5. The van der Waals surface area contributed by atoms with Crippen molar-refractivity contribution in [2.75, 3.05) is 6.26 Å². The van der Waals surface area contributed by atoms with Gasteiger partial charge in [-0.15, -0.1) is 11.8 Å². The van der Waals surface area contributed by atoms with E-state index in [4.69, 9.17) is 11.6 Å². The third-order valence-electron chi connectivity index (χ3n) is 1.65. The van der Waals surface area contributed by atoms with E-state index in [2.05, 4.69) is 19.2 Å². The van der Waals surface area contributed by atoms with Crippen molar-refractivity contribution in [3.63, 3.8) is 0 Å². The third kappa shape index (κ3) is 3.61. The molecule has 0 amide bonds. The lowest BCUT2D eigenvalue weighted by molar-refractivity contribution is 1.08. The molecule has 0 aliphatic carbocycles. The average Bonchev–Trinajstić information content (AvgIpc) is 2.20. The molecule has 0 bridgehead atoms. The molecule has 0 atom stereocenters. The molecule has 0 aliphatic rings. The minimum Gasteiger partial charge on any atom is -0.129 e. The van der Waals surface area contributed by atoms with Crippen LogP contribution >= 0.6 is 23.4 Å². The first kappa shape index (κ1) is 12.9. The van der Waals surface area contributed by atoms with Gasteiger partial charge in [0.05, 0.1) is 0 Å². The first-order valence-corrected chi connectivity index (χ1v) is 6.21. The van der Waals surface area contributed by atoms with Gasteiger partial charge in [0.1, 0.15) is 0 Å². The fourth-order valence-electron chi connectivity index (χ4n) is 1.07. The quantitative estimate of drug-likeness (QED) is 0.649. The molecule has 0 N–H and O–H groups in total. The predicted octanol–water partition coefficient (Wildman–Crippen LogP) is 4.65. The van der Waals surface area contributed by atoms with Crippen LogP contribution in [-0.2, 0) is 6.42 Å². The van der Waals surface area contributed by atoms with Crippen molar-refractivity contribution in [2.24, 2.45) is 0 Å². The Balaban J connectivity index is 0.000000671. The van der Waals surface area contributed by atoms with E-state index in [1.54, 1.807) is 11.8 Å². The fraction of sp³-hybridized carbons (Fsp3) is 0.455. The van der Waals surface area contributed by atoms with Crippen LogP contribution in [0.3, 0.4) is 0 Å². The number of thioether (sulfide) groups is 1. The summed E-state index contributed by atoms with van der Waals surface area (Å²) in [5.74, 6) is 0. The second-order valence-electron chi connectivity index (χ2n) is 2.27. The highest BCUT2D eigenvalue weighted by Gasteiger charge is 2.02. The van der Waals surface area contributed by atoms with Crippen LogP contribution in [0.5, 0.6) is 0 Å². The summed E-state index contributed by atoms with van der Waals surface area (Å²) in [5, 5.41) is 0.888. The lowest BCUT2D eigenvalue weighted by Crippen LogP contribution is -1.85. The Morgan fingerprint density at radius 2 is 1.92 bits per heavy atom. The summed E-state index contributed by atoms with van der Waals surface area (Å²) in [7, 11) is 0. The average molecular weight is 217 g/mol. The molecule has 0 saturated carbocycles. The van der Waals surface area contributed by atoms with E-state index in [9.17, 15) is 0 Å². The van der Waals surface area contributed by atoms with Gasteiger partial charge in [-0.05, 0) is 30.4 Å². The second kappa shape index (κ2) is 7.28. The Morgan fingerprint density at radius 3 is 2.31 bits per heavy atom. The van der Waals surface area contributed by atoms with Crippen LogP contribution in [-0.4, -0.2) is 6.26 Å². The third-order valence-corrected chi connectivity index (χ3v) is 2.83. The lowest BCUT2D eigenvalue weighted by Gasteiger charge is -2.05. The van der Waals surface area contributed by atoms with E-state index in [0.717, 1.165) is 11.4 Å². The lowest BCUT2D eigenvalue weighted by atomic mass is 10.2. The molecule has 13 heavy (non-hydrogen) atoms. The first-order chi connectivity index (χ1) is 6.29. The summed E-state index contributed by atoms with van der Waals surface area (Å²) >= 11 is 7.74. The number of rotatable bonds is 2. The highest BCUT2D eigenvalue weighted by molar-refractivity contribution is 7.98. The molecule has 0 heterocycles. The first-order valence-electron chi connectivity index (χ1n) is 4.61. The molecule has 0 saturated heterocycles. The Bertz CT molecular complexity index is 246. The smallest absolute Gasteiger partial charge is 0.0449 e. The Hall–Kier alpha value is -0.140. The summed E-state index contributed by atoms with van der Waals surface area (Å²) in [6.07, 6.45) is 3.08. The van der Waals surface area contributed by atoms with E-state index in [1.807, 2.05) is 26.0 Å². The fourth-order valence-corrected chi connectivity index (χ4v) is 2.15. The van der Waals surface area contributed by atoms with E-state index >= 15 is 0 Å². The maximum absolute atomic E-state index is 5.99. The van der Waals surface area contributed by atoms with Crippen LogP contribution in [0.2, 0.25) is 5.02 Å². The van der Waals surface area contributed by atoms with Gasteiger partial charge in [-0.3, -0.25) is 0 Å². The van der Waals surface area contributed by atoms with Gasteiger partial charge in [-0.2, -0.15) is 0 Å². The second-order valence-corrected chi connectivity index (χ2v) is 3.53. The molecule has 0 aliphatic heterocycles. The van der Waals surface area contributed by atoms with Gasteiger partial charge >= 0.3 is 0 Å². The minimum atomic E-state index is 0.888. The van der Waals surface area contributed by atoms with Crippen molar-refractivity contribution >= 4 is 23.4 Å². The van der Waals surface area contributed by atoms with Gasteiger partial charge in [0.25, 0.3) is 0 Å². The summed E-state index contributed by atoms with van der Waals surface area (Å²) in [4.78, 5) is 1.29. The molecule has 74 valence electrons. The largest absolute Gasteiger partial charge is 0.129 e. The molecule has 1 aromatic carbocycles. The molecule has 0 fully saturated rings. The molecule has 0 spiro atoms. The standard InChI is InChI=1S/C9H11ClS.C2H6/c1-3-7-8(10)5-4-6-9(7)11-2;1-2/h4-6H,3H2,1-2H3;1-2H3. The minimum absolute atomic E-state index is 0.888. The zero-order valence-corrected chi connectivity index (χ0v) is 10.3. The summed E-state index contributed by atoms with van der Waals surface area (Å²) in [5.41, 5.74) is 1.27. The summed E-state index contributed by atoms with van der Waals surface area (Å²) in [6.45, 7) is 6.13. The van der Waals surface area contributed by atoms with Crippen LogP contribution in [0.25, 0.3) is 0 Å². The maximum atomic E-state index is 5.99. The highest BCUT2D eigenvalue weighted by Crippen LogP contribution is 2.26. The van der Waals surface area contributed by atoms with Crippen LogP contribution in [0.15, 0.2) is 23.1 Å². The van der Waals surface area contributed by atoms with E-state index < -0.39 is 0 Å².